The number of rotatable bonds is 6. The van der Waals surface area contributed by atoms with Gasteiger partial charge in [-0.2, -0.15) is 4.98 Å². The van der Waals surface area contributed by atoms with E-state index in [2.05, 4.69) is 29.1 Å². The molecule has 6 N–H and O–H groups in total. The minimum Gasteiger partial charge on any atom is -0.383 e. The second-order valence-electron chi connectivity index (χ2n) is 5.26. The maximum atomic E-state index is 8.20. The van der Waals surface area contributed by atoms with E-state index < -0.39 is 0 Å². The third-order valence-corrected chi connectivity index (χ3v) is 2.96. The van der Waals surface area contributed by atoms with Crippen molar-refractivity contribution in [2.75, 3.05) is 18.5 Å². The second-order valence-corrected chi connectivity index (χ2v) is 5.26. The Bertz CT molecular complexity index is 455. The first kappa shape index (κ1) is 15.4. The molecule has 106 valence electrons. The van der Waals surface area contributed by atoms with Crippen LogP contribution < -0.4 is 16.8 Å². The summed E-state index contributed by atoms with van der Waals surface area (Å²) in [6, 6.07) is 0.205. The molecule has 0 unspecified atom stereocenters. The molecular formula is C13H24N6. The molecule has 0 aliphatic heterocycles. The summed E-state index contributed by atoms with van der Waals surface area (Å²) in [7, 11) is 1.87. The predicted molar refractivity (Wildman–Crippen MR) is 79.4 cm³/mol. The lowest BCUT2D eigenvalue weighted by molar-refractivity contribution is 0.628. The summed E-state index contributed by atoms with van der Waals surface area (Å²) >= 11 is 0. The highest BCUT2D eigenvalue weighted by Crippen LogP contribution is 2.20. The van der Waals surface area contributed by atoms with Crippen molar-refractivity contribution in [1.82, 2.24) is 15.3 Å². The molecule has 0 aliphatic carbocycles. The number of nitrogens with two attached hydrogens (primary N) is 2. The van der Waals surface area contributed by atoms with Crippen molar-refractivity contribution < 1.29 is 0 Å². The smallest absolute Gasteiger partial charge is 0.222 e. The maximum absolute atomic E-state index is 8.20. The molecule has 1 atom stereocenters. The van der Waals surface area contributed by atoms with Crippen molar-refractivity contribution in [3.63, 3.8) is 0 Å². The molecule has 0 spiro atoms. The molecule has 0 radical (unpaired) electrons. The summed E-state index contributed by atoms with van der Waals surface area (Å²) in [6.45, 7) is 6.21. The first-order valence-corrected chi connectivity index (χ1v) is 6.52. The van der Waals surface area contributed by atoms with Crippen LogP contribution in [-0.4, -0.2) is 28.8 Å². The Balaban J connectivity index is 3.13. The third kappa shape index (κ3) is 4.17. The van der Waals surface area contributed by atoms with Gasteiger partial charge in [-0.25, -0.2) is 4.98 Å². The van der Waals surface area contributed by atoms with Crippen LogP contribution in [0.2, 0.25) is 0 Å². The Labute approximate surface area is 114 Å². The first-order valence-electron chi connectivity index (χ1n) is 6.52. The average molecular weight is 264 g/mol. The summed E-state index contributed by atoms with van der Waals surface area (Å²) in [5, 5.41) is 11.3. The van der Waals surface area contributed by atoms with Gasteiger partial charge in [0.05, 0.1) is 11.4 Å². The number of nitrogens with zero attached hydrogens (tertiary/aromatic N) is 2. The highest BCUT2D eigenvalue weighted by Gasteiger charge is 2.17. The van der Waals surface area contributed by atoms with Gasteiger partial charge in [0.1, 0.15) is 5.82 Å². The van der Waals surface area contributed by atoms with E-state index in [1.165, 1.54) is 0 Å². The van der Waals surface area contributed by atoms with E-state index in [1.807, 2.05) is 14.0 Å². The molecule has 6 heteroatoms. The summed E-state index contributed by atoms with van der Waals surface area (Å²) in [6.07, 6.45) is 1.33. The fraction of sp³-hybridized carbons (Fsp3) is 0.615. The van der Waals surface area contributed by atoms with Gasteiger partial charge < -0.3 is 22.2 Å². The highest BCUT2D eigenvalue weighted by molar-refractivity contribution is 5.99. The van der Waals surface area contributed by atoms with E-state index >= 15 is 0 Å². The van der Waals surface area contributed by atoms with Gasteiger partial charge in [-0.05, 0) is 26.3 Å². The van der Waals surface area contributed by atoms with Gasteiger partial charge in [0.2, 0.25) is 5.95 Å². The summed E-state index contributed by atoms with van der Waals surface area (Å²) in [5.41, 5.74) is 13.4. The Morgan fingerprint density at radius 2 is 1.89 bits per heavy atom. The van der Waals surface area contributed by atoms with E-state index in [9.17, 15) is 0 Å². The molecule has 1 aromatic heterocycles. The second kappa shape index (κ2) is 6.47. The van der Waals surface area contributed by atoms with Crippen molar-refractivity contribution in [1.29, 1.82) is 5.41 Å². The minimum atomic E-state index is 0.127. The van der Waals surface area contributed by atoms with Gasteiger partial charge >= 0.3 is 0 Å². The lowest BCUT2D eigenvalue weighted by Crippen LogP contribution is -2.26. The molecule has 0 fully saturated rings. The van der Waals surface area contributed by atoms with Crippen LogP contribution in [0.4, 0.5) is 11.8 Å². The van der Waals surface area contributed by atoms with Crippen LogP contribution in [-0.2, 0) is 6.42 Å². The van der Waals surface area contributed by atoms with Crippen LogP contribution >= 0.6 is 0 Å². The number of nitrogens with one attached hydrogen (secondary N) is 2. The fourth-order valence-electron chi connectivity index (χ4n) is 1.88. The molecule has 0 saturated carbocycles. The molecule has 6 nitrogen and oxygen atoms in total. The quantitative estimate of drug-likeness (QED) is 0.577. The fourth-order valence-corrected chi connectivity index (χ4v) is 1.88. The normalized spacial score (nSPS) is 12.7. The number of hydrogen-bond acceptors (Lipinski definition) is 6. The lowest BCUT2D eigenvalue weighted by Gasteiger charge is -2.16. The Morgan fingerprint density at radius 3 is 2.42 bits per heavy atom. The summed E-state index contributed by atoms with van der Waals surface area (Å²) < 4.78 is 0. The van der Waals surface area contributed by atoms with Crippen LogP contribution in [0.1, 0.15) is 38.4 Å². The van der Waals surface area contributed by atoms with Crippen molar-refractivity contribution in [3.8, 4) is 0 Å². The van der Waals surface area contributed by atoms with Crippen molar-refractivity contribution in [3.05, 3.63) is 11.3 Å². The van der Waals surface area contributed by atoms with Gasteiger partial charge in [-0.15, -0.1) is 0 Å². The minimum absolute atomic E-state index is 0.127. The van der Waals surface area contributed by atoms with Crippen LogP contribution in [0.3, 0.4) is 0 Å². The number of nitrogen functional groups attached to an aromatic ring is 2. The number of aromatic nitrogens is 2. The lowest BCUT2D eigenvalue weighted by atomic mass is 9.97. The van der Waals surface area contributed by atoms with Crippen LogP contribution in [0.15, 0.2) is 0 Å². The van der Waals surface area contributed by atoms with Gasteiger partial charge in [0.15, 0.2) is 0 Å². The zero-order valence-corrected chi connectivity index (χ0v) is 12.1. The molecule has 1 aromatic rings. The molecule has 0 amide bonds. The zero-order valence-electron chi connectivity index (χ0n) is 12.1. The van der Waals surface area contributed by atoms with Gasteiger partial charge in [0.25, 0.3) is 0 Å². The molecule has 0 saturated heterocycles. The molecule has 19 heavy (non-hydrogen) atoms. The first-order chi connectivity index (χ1) is 8.85. The SMILES string of the molecule is CN[C@H](C)CC(=N)c1nc(N)nc(N)c1CC(C)C. The molecular weight excluding hydrogens is 240 g/mol. The van der Waals surface area contributed by atoms with E-state index in [0.717, 1.165) is 12.0 Å². The summed E-state index contributed by atoms with van der Waals surface area (Å²) in [4.78, 5) is 8.21. The molecule has 0 bridgehead atoms. The van der Waals surface area contributed by atoms with E-state index in [0.29, 0.717) is 29.6 Å². The van der Waals surface area contributed by atoms with E-state index in [4.69, 9.17) is 16.9 Å². The van der Waals surface area contributed by atoms with Gasteiger partial charge in [-0.3, -0.25) is 0 Å². The van der Waals surface area contributed by atoms with Gasteiger partial charge in [0, 0.05) is 18.0 Å². The van der Waals surface area contributed by atoms with Crippen molar-refractivity contribution in [2.45, 2.75) is 39.7 Å². The summed E-state index contributed by atoms with van der Waals surface area (Å²) in [5.74, 6) is 0.933. The van der Waals surface area contributed by atoms with Crippen molar-refractivity contribution >= 4 is 17.5 Å². The highest BCUT2D eigenvalue weighted by atomic mass is 15.0. The van der Waals surface area contributed by atoms with Crippen molar-refractivity contribution in [2.24, 2.45) is 5.92 Å². The Hall–Kier alpha value is -1.69. The Kier molecular flexibility index (Phi) is 5.23. The van der Waals surface area contributed by atoms with Crippen LogP contribution in [0.25, 0.3) is 0 Å². The van der Waals surface area contributed by atoms with Crippen LogP contribution in [0, 0.1) is 11.3 Å². The third-order valence-electron chi connectivity index (χ3n) is 2.96. The standard InChI is InChI=1S/C13H24N6/c1-7(2)5-9-11(10(14)6-8(3)17-4)18-13(16)19-12(9)15/h7-8,14,17H,5-6H2,1-4H3,(H4,15,16,18,19)/t8-/m1/s1. The average Bonchev–Trinajstić information content (AvgIpc) is 2.31. The number of anilines is 2. The largest absolute Gasteiger partial charge is 0.383 e. The zero-order chi connectivity index (χ0) is 14.6. The van der Waals surface area contributed by atoms with E-state index in [1.54, 1.807) is 0 Å². The maximum Gasteiger partial charge on any atom is 0.222 e. The monoisotopic (exact) mass is 264 g/mol. The van der Waals surface area contributed by atoms with E-state index in [-0.39, 0.29) is 12.0 Å². The van der Waals surface area contributed by atoms with Gasteiger partial charge in [-0.1, -0.05) is 13.8 Å². The molecule has 1 rings (SSSR count). The molecule has 0 aromatic carbocycles. The molecule has 1 heterocycles. The number of hydrogen-bond donors (Lipinski definition) is 4. The predicted octanol–water partition coefficient (Wildman–Crippen LogP) is 1.21. The van der Waals surface area contributed by atoms with Crippen LogP contribution in [0.5, 0.6) is 0 Å². The molecule has 0 aliphatic rings. The Morgan fingerprint density at radius 1 is 1.26 bits per heavy atom. The topological polar surface area (TPSA) is 114 Å².